The van der Waals surface area contributed by atoms with E-state index in [1.54, 1.807) is 32.4 Å². The predicted molar refractivity (Wildman–Crippen MR) is 101 cm³/mol. The van der Waals surface area contributed by atoms with Crippen LogP contribution in [0.5, 0.6) is 23.0 Å². The lowest BCUT2D eigenvalue weighted by atomic mass is 10.1. The van der Waals surface area contributed by atoms with Crippen LogP contribution >= 0.6 is 0 Å². The third kappa shape index (κ3) is 4.78. The lowest BCUT2D eigenvalue weighted by molar-refractivity contribution is -0.120. The van der Waals surface area contributed by atoms with Gasteiger partial charge in [0.05, 0.1) is 20.6 Å². The monoisotopic (exact) mass is 368 g/mol. The summed E-state index contributed by atoms with van der Waals surface area (Å²) >= 11 is 0. The van der Waals surface area contributed by atoms with Crippen molar-refractivity contribution in [2.75, 3.05) is 21.0 Å². The first-order valence-electron chi connectivity index (χ1n) is 8.28. The highest BCUT2D eigenvalue weighted by Crippen LogP contribution is 2.32. The topological polar surface area (TPSA) is 78.4 Å². The normalized spacial score (nSPS) is 12.5. The number of nitrogens with zero attached hydrogens (tertiary/aromatic N) is 1. The van der Waals surface area contributed by atoms with Crippen molar-refractivity contribution in [2.45, 2.75) is 6.42 Å². The van der Waals surface area contributed by atoms with Crippen molar-refractivity contribution in [3.05, 3.63) is 53.6 Å². The molecule has 7 heteroatoms. The number of hydrogen-bond acceptors (Lipinski definition) is 6. The van der Waals surface area contributed by atoms with Crippen molar-refractivity contribution in [1.29, 1.82) is 0 Å². The number of benzene rings is 2. The van der Waals surface area contributed by atoms with E-state index < -0.39 is 0 Å². The number of methoxy groups -OCH3 is 2. The predicted octanol–water partition coefficient (Wildman–Crippen LogP) is 2.79. The zero-order chi connectivity index (χ0) is 19.1. The summed E-state index contributed by atoms with van der Waals surface area (Å²) in [5.74, 6) is 2.43. The SMILES string of the molecule is COc1ccc(CC(=O)NN=C/C=C/c2ccc3c(c2)OCO3)cc1OC. The second-order valence-corrected chi connectivity index (χ2v) is 5.65. The zero-order valence-electron chi connectivity index (χ0n) is 15.1. The second-order valence-electron chi connectivity index (χ2n) is 5.65. The maximum Gasteiger partial charge on any atom is 0.244 e. The molecule has 3 rings (SSSR count). The number of rotatable bonds is 7. The number of carbonyl (C=O) groups is 1. The molecule has 0 unspecified atom stereocenters. The van der Waals surface area contributed by atoms with Crippen LogP contribution in [-0.4, -0.2) is 33.1 Å². The van der Waals surface area contributed by atoms with Gasteiger partial charge in [0.25, 0.3) is 0 Å². The summed E-state index contributed by atoms with van der Waals surface area (Å²) in [6.07, 6.45) is 5.28. The fraction of sp³-hybridized carbons (Fsp3) is 0.200. The molecule has 140 valence electrons. The van der Waals surface area contributed by atoms with Crippen LogP contribution in [0.3, 0.4) is 0 Å². The third-order valence-corrected chi connectivity index (χ3v) is 3.85. The Morgan fingerprint density at radius 1 is 1.11 bits per heavy atom. The molecule has 1 N–H and O–H groups in total. The van der Waals surface area contributed by atoms with Crippen LogP contribution in [0.4, 0.5) is 0 Å². The molecule has 0 bridgehead atoms. The fourth-order valence-electron chi connectivity index (χ4n) is 2.54. The van der Waals surface area contributed by atoms with Crippen LogP contribution in [0, 0.1) is 0 Å². The van der Waals surface area contributed by atoms with Crippen LogP contribution in [0.1, 0.15) is 11.1 Å². The minimum atomic E-state index is -0.227. The van der Waals surface area contributed by atoms with Gasteiger partial charge in [0, 0.05) is 6.21 Å². The van der Waals surface area contributed by atoms with E-state index in [4.69, 9.17) is 18.9 Å². The standard InChI is InChI=1S/C20H20N2O5/c1-24-16-7-6-15(11-18(16)25-2)12-20(23)22-21-9-3-4-14-5-8-17-19(10-14)27-13-26-17/h3-11H,12-13H2,1-2H3,(H,22,23)/b4-3+,21-9?. The number of hydrazone groups is 1. The number of hydrogen-bond donors (Lipinski definition) is 1. The van der Waals surface area contributed by atoms with Gasteiger partial charge in [-0.25, -0.2) is 5.43 Å². The van der Waals surface area contributed by atoms with Crippen LogP contribution in [0.15, 0.2) is 47.6 Å². The van der Waals surface area contributed by atoms with Gasteiger partial charge in [-0.15, -0.1) is 0 Å². The molecule has 0 radical (unpaired) electrons. The maximum atomic E-state index is 12.0. The van der Waals surface area contributed by atoms with E-state index in [0.717, 1.165) is 22.6 Å². The van der Waals surface area contributed by atoms with E-state index in [-0.39, 0.29) is 19.1 Å². The highest BCUT2D eigenvalue weighted by molar-refractivity contribution is 5.82. The maximum absolute atomic E-state index is 12.0. The summed E-state index contributed by atoms with van der Waals surface area (Å²) < 4.78 is 21.0. The number of allylic oxidation sites excluding steroid dienone is 1. The summed E-state index contributed by atoms with van der Waals surface area (Å²) in [5, 5.41) is 3.91. The first-order chi connectivity index (χ1) is 13.2. The Bertz CT molecular complexity index is 877. The zero-order valence-corrected chi connectivity index (χ0v) is 15.1. The van der Waals surface area contributed by atoms with Crippen molar-refractivity contribution in [3.8, 4) is 23.0 Å². The Morgan fingerprint density at radius 2 is 1.93 bits per heavy atom. The number of ether oxygens (including phenoxy) is 4. The Balaban J connectivity index is 1.50. The van der Waals surface area contributed by atoms with Gasteiger partial charge in [0.1, 0.15) is 0 Å². The minimum Gasteiger partial charge on any atom is -0.493 e. The van der Waals surface area contributed by atoms with E-state index in [1.807, 2.05) is 30.3 Å². The van der Waals surface area contributed by atoms with Crippen LogP contribution in [-0.2, 0) is 11.2 Å². The van der Waals surface area contributed by atoms with Crippen molar-refractivity contribution in [2.24, 2.45) is 5.10 Å². The van der Waals surface area contributed by atoms with Gasteiger partial charge >= 0.3 is 0 Å². The van der Waals surface area contributed by atoms with Crippen LogP contribution < -0.4 is 24.4 Å². The molecule has 0 saturated carbocycles. The number of amides is 1. The van der Waals surface area contributed by atoms with E-state index in [1.165, 1.54) is 6.21 Å². The molecule has 0 saturated heterocycles. The Morgan fingerprint density at radius 3 is 2.74 bits per heavy atom. The molecular weight excluding hydrogens is 348 g/mol. The van der Waals surface area contributed by atoms with E-state index in [2.05, 4.69) is 10.5 Å². The molecule has 1 aliphatic rings. The highest BCUT2D eigenvalue weighted by atomic mass is 16.7. The van der Waals surface area contributed by atoms with Gasteiger partial charge in [0.15, 0.2) is 23.0 Å². The van der Waals surface area contributed by atoms with Crippen molar-refractivity contribution >= 4 is 18.2 Å². The average Bonchev–Trinajstić information content (AvgIpc) is 3.15. The second kappa shape index (κ2) is 8.75. The molecule has 1 aliphatic heterocycles. The summed E-state index contributed by atoms with van der Waals surface area (Å²) in [6.45, 7) is 0.246. The van der Waals surface area contributed by atoms with Gasteiger partial charge in [-0.1, -0.05) is 18.2 Å². The molecule has 0 aromatic heterocycles. The third-order valence-electron chi connectivity index (χ3n) is 3.85. The van der Waals surface area contributed by atoms with E-state index in [0.29, 0.717) is 11.5 Å². The molecule has 27 heavy (non-hydrogen) atoms. The van der Waals surface area contributed by atoms with Gasteiger partial charge < -0.3 is 18.9 Å². The lowest BCUT2D eigenvalue weighted by Gasteiger charge is -2.08. The van der Waals surface area contributed by atoms with E-state index in [9.17, 15) is 4.79 Å². The molecule has 2 aromatic rings. The highest BCUT2D eigenvalue weighted by Gasteiger charge is 2.12. The molecule has 0 spiro atoms. The number of carbonyl (C=O) groups excluding carboxylic acids is 1. The molecular formula is C20H20N2O5. The first-order valence-corrected chi connectivity index (χ1v) is 8.28. The average molecular weight is 368 g/mol. The molecule has 1 heterocycles. The quantitative estimate of drug-likeness (QED) is 0.601. The summed E-state index contributed by atoms with van der Waals surface area (Å²) in [5.41, 5.74) is 4.24. The smallest absolute Gasteiger partial charge is 0.244 e. The van der Waals surface area contributed by atoms with Gasteiger partial charge in [0.2, 0.25) is 12.7 Å². The van der Waals surface area contributed by atoms with E-state index >= 15 is 0 Å². The number of fused-ring (bicyclic) bond motifs is 1. The number of nitrogens with one attached hydrogen (secondary N) is 1. The summed E-state index contributed by atoms with van der Waals surface area (Å²) in [7, 11) is 3.12. The molecule has 0 atom stereocenters. The Kier molecular flexibility index (Phi) is 5.94. The molecule has 7 nitrogen and oxygen atoms in total. The molecule has 0 aliphatic carbocycles. The first kappa shape index (κ1) is 18.3. The van der Waals surface area contributed by atoms with Crippen molar-refractivity contribution in [1.82, 2.24) is 5.43 Å². The Labute approximate surface area is 157 Å². The summed E-state index contributed by atoms with van der Waals surface area (Å²) in [4.78, 5) is 12.0. The van der Waals surface area contributed by atoms with Crippen molar-refractivity contribution in [3.63, 3.8) is 0 Å². The van der Waals surface area contributed by atoms with Crippen LogP contribution in [0.2, 0.25) is 0 Å². The molecule has 2 aromatic carbocycles. The molecule has 1 amide bonds. The van der Waals surface area contributed by atoms with Crippen molar-refractivity contribution < 1.29 is 23.7 Å². The molecule has 0 fully saturated rings. The van der Waals surface area contributed by atoms with Gasteiger partial charge in [-0.05, 0) is 41.5 Å². The van der Waals surface area contributed by atoms with Gasteiger partial charge in [-0.2, -0.15) is 5.10 Å². The van der Waals surface area contributed by atoms with Gasteiger partial charge in [-0.3, -0.25) is 4.79 Å². The minimum absolute atomic E-state index is 0.184. The Hall–Kier alpha value is -3.48. The summed E-state index contributed by atoms with van der Waals surface area (Å²) in [6, 6.07) is 11.0. The van der Waals surface area contributed by atoms with Crippen LogP contribution in [0.25, 0.3) is 6.08 Å². The largest absolute Gasteiger partial charge is 0.493 e. The fourth-order valence-corrected chi connectivity index (χ4v) is 2.54. The lowest BCUT2D eigenvalue weighted by Crippen LogP contribution is -2.19.